The fourth-order valence-electron chi connectivity index (χ4n) is 4.65. The Balaban J connectivity index is 1.78. The van der Waals surface area contributed by atoms with Gasteiger partial charge >= 0.3 is 0 Å². The summed E-state index contributed by atoms with van der Waals surface area (Å²) in [6.07, 6.45) is 4.39. The van der Waals surface area contributed by atoms with Crippen LogP contribution in [0.15, 0.2) is 48.5 Å². The second-order valence-electron chi connectivity index (χ2n) is 9.67. The lowest BCUT2D eigenvalue weighted by atomic mass is 9.86. The molecule has 2 aromatic rings. The molecule has 2 atom stereocenters. The van der Waals surface area contributed by atoms with Crippen molar-refractivity contribution in [1.82, 2.24) is 5.32 Å². The van der Waals surface area contributed by atoms with E-state index in [0.717, 1.165) is 36.8 Å². The van der Waals surface area contributed by atoms with Crippen LogP contribution < -0.4 is 11.1 Å². The smallest absolute Gasteiger partial charge is 0.257 e. The summed E-state index contributed by atoms with van der Waals surface area (Å²) in [5.74, 6) is 5.59. The first-order chi connectivity index (χ1) is 16.3. The van der Waals surface area contributed by atoms with Crippen molar-refractivity contribution in [2.45, 2.75) is 76.6 Å². The molecular formula is C29H35N3O2. The molecule has 0 aliphatic heterocycles. The SMILES string of the molecule is [C-]#[N+]C1(c2cc(COCC(C)(N)Cc3ccccc3)cc(C(=O)NC(C)C#CC)c2)CCCC1. The second kappa shape index (κ2) is 11.3. The van der Waals surface area contributed by atoms with Crippen molar-refractivity contribution in [3.8, 4) is 11.8 Å². The quantitative estimate of drug-likeness (QED) is 0.412. The van der Waals surface area contributed by atoms with Crippen LogP contribution in [0.5, 0.6) is 0 Å². The lowest BCUT2D eigenvalue weighted by Crippen LogP contribution is -2.43. The van der Waals surface area contributed by atoms with Crippen molar-refractivity contribution in [2.24, 2.45) is 5.73 Å². The monoisotopic (exact) mass is 457 g/mol. The molecule has 34 heavy (non-hydrogen) atoms. The zero-order valence-corrected chi connectivity index (χ0v) is 20.5. The van der Waals surface area contributed by atoms with Gasteiger partial charge in [-0.3, -0.25) is 4.79 Å². The van der Waals surface area contributed by atoms with Crippen LogP contribution in [-0.2, 0) is 23.3 Å². The van der Waals surface area contributed by atoms with E-state index in [9.17, 15) is 4.79 Å². The summed E-state index contributed by atoms with van der Waals surface area (Å²) in [4.78, 5) is 17.0. The molecule has 1 fully saturated rings. The molecule has 0 spiro atoms. The molecule has 2 unspecified atom stereocenters. The van der Waals surface area contributed by atoms with E-state index in [2.05, 4.69) is 34.1 Å². The van der Waals surface area contributed by atoms with Gasteiger partial charge in [0.05, 0.1) is 19.3 Å². The molecule has 0 heterocycles. The van der Waals surface area contributed by atoms with Crippen molar-refractivity contribution in [1.29, 1.82) is 0 Å². The molecule has 3 N–H and O–H groups in total. The Hall–Kier alpha value is -3.12. The summed E-state index contributed by atoms with van der Waals surface area (Å²) < 4.78 is 6.04. The molecule has 0 saturated heterocycles. The number of hydrogen-bond acceptors (Lipinski definition) is 3. The number of carbonyl (C=O) groups excluding carboxylic acids is 1. The maximum Gasteiger partial charge on any atom is 0.257 e. The zero-order valence-electron chi connectivity index (χ0n) is 20.5. The molecule has 3 rings (SSSR count). The fourth-order valence-corrected chi connectivity index (χ4v) is 4.65. The van der Waals surface area contributed by atoms with Gasteiger partial charge in [-0.05, 0) is 69.4 Å². The highest BCUT2D eigenvalue weighted by molar-refractivity contribution is 5.95. The largest absolute Gasteiger partial charge is 0.375 e. The summed E-state index contributed by atoms with van der Waals surface area (Å²) in [6.45, 7) is 14.2. The van der Waals surface area contributed by atoms with Crippen molar-refractivity contribution in [3.05, 3.63) is 82.2 Å². The minimum atomic E-state index is -0.560. The summed E-state index contributed by atoms with van der Waals surface area (Å²) in [7, 11) is 0. The van der Waals surface area contributed by atoms with Gasteiger partial charge in [0.2, 0.25) is 0 Å². The van der Waals surface area contributed by atoms with E-state index in [4.69, 9.17) is 17.0 Å². The van der Waals surface area contributed by atoms with Gasteiger partial charge in [0.25, 0.3) is 11.4 Å². The van der Waals surface area contributed by atoms with Gasteiger partial charge in [0.1, 0.15) is 0 Å². The molecule has 1 amide bonds. The number of hydrogen-bond donors (Lipinski definition) is 2. The van der Waals surface area contributed by atoms with Crippen LogP contribution in [0.25, 0.3) is 4.85 Å². The Morgan fingerprint density at radius 1 is 1.24 bits per heavy atom. The van der Waals surface area contributed by atoms with Crippen LogP contribution in [0, 0.1) is 18.4 Å². The van der Waals surface area contributed by atoms with Crippen LogP contribution in [0.3, 0.4) is 0 Å². The highest BCUT2D eigenvalue weighted by Crippen LogP contribution is 2.43. The Morgan fingerprint density at radius 3 is 2.59 bits per heavy atom. The molecule has 1 aliphatic rings. The highest BCUT2D eigenvalue weighted by Gasteiger charge is 2.42. The summed E-state index contributed by atoms with van der Waals surface area (Å²) in [5, 5.41) is 2.93. The molecular weight excluding hydrogens is 422 g/mol. The van der Waals surface area contributed by atoms with Crippen LogP contribution in [0.4, 0.5) is 0 Å². The first-order valence-electron chi connectivity index (χ1n) is 11.9. The van der Waals surface area contributed by atoms with E-state index in [1.165, 1.54) is 5.56 Å². The predicted molar refractivity (Wildman–Crippen MR) is 136 cm³/mol. The van der Waals surface area contributed by atoms with Crippen molar-refractivity contribution in [2.75, 3.05) is 6.61 Å². The topological polar surface area (TPSA) is 68.7 Å². The lowest BCUT2D eigenvalue weighted by Gasteiger charge is -2.25. The number of nitrogens with two attached hydrogens (primary N) is 1. The van der Waals surface area contributed by atoms with Crippen LogP contribution in [-0.4, -0.2) is 24.1 Å². The molecule has 5 nitrogen and oxygen atoms in total. The predicted octanol–water partition coefficient (Wildman–Crippen LogP) is 4.99. The average Bonchev–Trinajstić information content (AvgIpc) is 3.30. The third kappa shape index (κ3) is 6.70. The van der Waals surface area contributed by atoms with Crippen LogP contribution in [0.2, 0.25) is 0 Å². The fraction of sp³-hybridized carbons (Fsp3) is 0.448. The summed E-state index contributed by atoms with van der Waals surface area (Å²) in [5.41, 5.74) is 8.91. The molecule has 0 aromatic heterocycles. The lowest BCUT2D eigenvalue weighted by molar-refractivity contribution is 0.0789. The number of carbonyl (C=O) groups is 1. The number of amides is 1. The standard InChI is InChI=1S/C29H35N3O2/c1-5-11-22(2)32-27(33)25-16-24(17-26(18-25)29(31-4)14-9-10-15-29)20-34-21-28(3,30)19-23-12-7-6-8-13-23/h6-8,12-13,16-18,22H,9-10,14-15,19-21,30H2,1-3H3,(H,32,33). The van der Waals surface area contributed by atoms with E-state index >= 15 is 0 Å². The molecule has 1 aliphatic carbocycles. The van der Waals surface area contributed by atoms with E-state index in [0.29, 0.717) is 25.2 Å². The minimum Gasteiger partial charge on any atom is -0.375 e. The van der Waals surface area contributed by atoms with Crippen molar-refractivity contribution >= 4 is 5.91 Å². The van der Waals surface area contributed by atoms with Gasteiger partial charge in [0, 0.05) is 29.5 Å². The van der Waals surface area contributed by atoms with E-state index in [1.54, 1.807) is 6.92 Å². The van der Waals surface area contributed by atoms with Gasteiger partial charge in [-0.15, -0.1) is 5.92 Å². The summed E-state index contributed by atoms with van der Waals surface area (Å²) in [6, 6.07) is 15.6. The number of nitrogens with one attached hydrogen (secondary N) is 1. The maximum absolute atomic E-state index is 13.0. The Kier molecular flexibility index (Phi) is 8.51. The van der Waals surface area contributed by atoms with E-state index in [-0.39, 0.29) is 11.9 Å². The van der Waals surface area contributed by atoms with Gasteiger partial charge in [0.15, 0.2) is 0 Å². The van der Waals surface area contributed by atoms with Crippen LogP contribution >= 0.6 is 0 Å². The Bertz CT molecular complexity index is 1080. The Morgan fingerprint density at radius 2 is 1.94 bits per heavy atom. The van der Waals surface area contributed by atoms with Crippen LogP contribution in [0.1, 0.15) is 73.5 Å². The summed E-state index contributed by atoms with van der Waals surface area (Å²) >= 11 is 0. The highest BCUT2D eigenvalue weighted by atomic mass is 16.5. The molecule has 178 valence electrons. The third-order valence-electron chi connectivity index (χ3n) is 6.30. The first-order valence-corrected chi connectivity index (χ1v) is 11.9. The second-order valence-corrected chi connectivity index (χ2v) is 9.67. The van der Waals surface area contributed by atoms with Gasteiger partial charge < -0.3 is 20.6 Å². The molecule has 1 saturated carbocycles. The number of nitrogens with zero attached hydrogens (tertiary/aromatic N) is 1. The molecule has 5 heteroatoms. The Labute approximate surface area is 203 Å². The first kappa shape index (κ1) is 25.5. The molecule has 0 bridgehead atoms. The maximum atomic E-state index is 13.0. The molecule has 0 radical (unpaired) electrons. The minimum absolute atomic E-state index is 0.191. The number of ether oxygens (including phenoxy) is 1. The van der Waals surface area contributed by atoms with E-state index < -0.39 is 11.1 Å². The van der Waals surface area contributed by atoms with E-state index in [1.807, 2.05) is 50.2 Å². The average molecular weight is 458 g/mol. The number of benzene rings is 2. The van der Waals surface area contributed by atoms with Gasteiger partial charge in [-0.1, -0.05) is 36.3 Å². The normalized spacial score (nSPS) is 17.0. The third-order valence-corrected chi connectivity index (χ3v) is 6.30. The van der Waals surface area contributed by atoms with Gasteiger partial charge in [-0.2, -0.15) is 0 Å². The zero-order chi connectivity index (χ0) is 24.6. The van der Waals surface area contributed by atoms with Crippen molar-refractivity contribution < 1.29 is 9.53 Å². The molecule has 2 aromatic carbocycles. The van der Waals surface area contributed by atoms with Gasteiger partial charge in [-0.25, -0.2) is 6.57 Å². The van der Waals surface area contributed by atoms with Crippen molar-refractivity contribution in [3.63, 3.8) is 0 Å². The number of rotatable bonds is 9.